The Balaban J connectivity index is 1.22. The fraction of sp³-hybridized carbons (Fsp3) is 0.552. The minimum Gasteiger partial charge on any atom is -0.252 e. The molecular formula is C29H34FN. The molecule has 3 saturated carbocycles. The third kappa shape index (κ3) is 3.56. The molecule has 3 atom stereocenters. The highest BCUT2D eigenvalue weighted by Crippen LogP contribution is 2.60. The first-order valence-corrected chi connectivity index (χ1v) is 12.7. The van der Waals surface area contributed by atoms with E-state index in [1.807, 2.05) is 12.1 Å². The van der Waals surface area contributed by atoms with Crippen molar-refractivity contribution >= 4 is 11.4 Å². The van der Waals surface area contributed by atoms with Gasteiger partial charge in [0.05, 0.1) is 11.4 Å². The zero-order valence-corrected chi connectivity index (χ0v) is 18.7. The van der Waals surface area contributed by atoms with E-state index >= 15 is 4.39 Å². The molecule has 4 aliphatic rings. The van der Waals surface area contributed by atoms with Crippen molar-refractivity contribution in [2.75, 3.05) is 0 Å². The molecule has 0 spiro atoms. The minimum absolute atomic E-state index is 0.102. The van der Waals surface area contributed by atoms with Crippen LogP contribution in [0.4, 0.5) is 10.1 Å². The zero-order valence-electron chi connectivity index (χ0n) is 18.7. The van der Waals surface area contributed by atoms with Crippen molar-refractivity contribution in [3.63, 3.8) is 0 Å². The van der Waals surface area contributed by atoms with Crippen molar-refractivity contribution in [2.45, 2.75) is 76.5 Å². The van der Waals surface area contributed by atoms with E-state index in [4.69, 9.17) is 4.99 Å². The molecule has 1 nitrogen and oxygen atoms in total. The van der Waals surface area contributed by atoms with E-state index in [2.05, 4.69) is 31.2 Å². The van der Waals surface area contributed by atoms with Gasteiger partial charge in [0.15, 0.2) is 0 Å². The Morgan fingerprint density at radius 1 is 0.871 bits per heavy atom. The van der Waals surface area contributed by atoms with Crippen LogP contribution in [0.3, 0.4) is 0 Å². The van der Waals surface area contributed by atoms with Gasteiger partial charge >= 0.3 is 0 Å². The smallest absolute Gasteiger partial charge is 0.132 e. The standard InChI is InChI=1S/C29H34FN/c1-18-27-23-8-4-5-9-26(23)31-29(28(18)27)24-17-22(14-15-25(24)30)21-12-10-20(11-13-21)16-19-6-2-3-7-19/h4-5,8-9,14-15,17-21,27-28H,2-3,6-7,10-13,16H2,1H3. The van der Waals surface area contributed by atoms with E-state index < -0.39 is 0 Å². The summed E-state index contributed by atoms with van der Waals surface area (Å²) >= 11 is 0. The highest BCUT2D eigenvalue weighted by Gasteiger charge is 2.54. The van der Waals surface area contributed by atoms with Crippen LogP contribution in [0.1, 0.15) is 93.2 Å². The molecule has 0 N–H and O–H groups in total. The molecule has 1 heterocycles. The molecule has 0 saturated heterocycles. The number of rotatable bonds is 4. The molecule has 1 aliphatic heterocycles. The van der Waals surface area contributed by atoms with Gasteiger partial charge < -0.3 is 0 Å². The first kappa shape index (κ1) is 19.7. The summed E-state index contributed by atoms with van der Waals surface area (Å²) in [6, 6.07) is 14.4. The monoisotopic (exact) mass is 415 g/mol. The Labute approximate surface area is 186 Å². The Morgan fingerprint density at radius 3 is 2.42 bits per heavy atom. The van der Waals surface area contributed by atoms with Crippen LogP contribution in [0.15, 0.2) is 47.5 Å². The second-order valence-corrected chi connectivity index (χ2v) is 10.8. The van der Waals surface area contributed by atoms with E-state index in [1.54, 1.807) is 6.07 Å². The molecular weight excluding hydrogens is 381 g/mol. The Hall–Kier alpha value is -1.96. The van der Waals surface area contributed by atoms with E-state index in [1.165, 1.54) is 68.9 Å². The molecule has 3 aliphatic carbocycles. The molecule has 0 radical (unpaired) electrons. The summed E-state index contributed by atoms with van der Waals surface area (Å²) in [7, 11) is 0. The predicted octanol–water partition coefficient (Wildman–Crippen LogP) is 8.16. The lowest BCUT2D eigenvalue weighted by atomic mass is 9.75. The van der Waals surface area contributed by atoms with Crippen molar-refractivity contribution in [3.8, 4) is 0 Å². The Morgan fingerprint density at radius 2 is 1.61 bits per heavy atom. The summed E-state index contributed by atoms with van der Waals surface area (Å²) in [5, 5.41) is 0. The normalized spacial score (nSPS) is 32.3. The topological polar surface area (TPSA) is 12.4 Å². The molecule has 2 heteroatoms. The number of hydrogen-bond acceptors (Lipinski definition) is 1. The van der Waals surface area contributed by atoms with Crippen molar-refractivity contribution in [2.24, 2.45) is 28.7 Å². The van der Waals surface area contributed by atoms with E-state index in [9.17, 15) is 0 Å². The zero-order chi connectivity index (χ0) is 20.9. The Bertz CT molecular complexity index is 994. The van der Waals surface area contributed by atoms with Gasteiger partial charge in [-0.15, -0.1) is 0 Å². The molecule has 0 aromatic heterocycles. The maximum Gasteiger partial charge on any atom is 0.132 e. The molecule has 0 amide bonds. The first-order chi connectivity index (χ1) is 15.2. The maximum atomic E-state index is 15.0. The van der Waals surface area contributed by atoms with Crippen molar-refractivity contribution < 1.29 is 4.39 Å². The van der Waals surface area contributed by atoms with Crippen LogP contribution < -0.4 is 0 Å². The molecule has 3 unspecified atom stereocenters. The van der Waals surface area contributed by atoms with Gasteiger partial charge in [0.25, 0.3) is 0 Å². The Kier molecular flexibility index (Phi) is 5.00. The highest BCUT2D eigenvalue weighted by molar-refractivity contribution is 6.08. The summed E-state index contributed by atoms with van der Waals surface area (Å²) in [5.74, 6) is 3.85. The van der Waals surface area contributed by atoms with Crippen molar-refractivity contribution in [3.05, 3.63) is 65.0 Å². The average Bonchev–Trinajstić information content (AvgIpc) is 3.21. The molecule has 0 bridgehead atoms. The summed E-state index contributed by atoms with van der Waals surface area (Å²) < 4.78 is 15.0. The fourth-order valence-corrected chi connectivity index (χ4v) is 7.12. The van der Waals surface area contributed by atoms with E-state index in [0.29, 0.717) is 23.7 Å². The lowest BCUT2D eigenvalue weighted by molar-refractivity contribution is 0.270. The molecule has 2 aromatic rings. The van der Waals surface area contributed by atoms with Gasteiger partial charge in [0.2, 0.25) is 0 Å². The largest absolute Gasteiger partial charge is 0.252 e. The number of halogens is 1. The number of aliphatic imine (C=N–C) groups is 1. The van der Waals surface area contributed by atoms with Gasteiger partial charge in [0, 0.05) is 11.5 Å². The lowest BCUT2D eigenvalue weighted by Gasteiger charge is -2.30. The van der Waals surface area contributed by atoms with Gasteiger partial charge in [-0.05, 0) is 91.0 Å². The van der Waals surface area contributed by atoms with Gasteiger partial charge in [-0.2, -0.15) is 0 Å². The minimum atomic E-state index is -0.102. The summed E-state index contributed by atoms with van der Waals surface area (Å²) in [4.78, 5) is 4.98. The third-order valence-electron chi connectivity index (χ3n) is 8.96. The summed E-state index contributed by atoms with van der Waals surface area (Å²) in [6.45, 7) is 2.29. The third-order valence-corrected chi connectivity index (χ3v) is 8.96. The van der Waals surface area contributed by atoms with Gasteiger partial charge in [0.1, 0.15) is 5.82 Å². The second kappa shape index (κ2) is 7.87. The van der Waals surface area contributed by atoms with Gasteiger partial charge in [-0.1, -0.05) is 56.9 Å². The highest BCUT2D eigenvalue weighted by atomic mass is 19.1. The lowest BCUT2D eigenvalue weighted by Crippen LogP contribution is -2.17. The molecule has 3 fully saturated rings. The van der Waals surface area contributed by atoms with E-state index in [0.717, 1.165) is 28.8 Å². The SMILES string of the molecule is CC1C2C(c3cc(C4CCC(CC5CCCC5)CC4)ccc3F)=Nc3ccccc3C12. The second-order valence-electron chi connectivity index (χ2n) is 10.8. The summed E-state index contributed by atoms with van der Waals surface area (Å²) in [6.07, 6.45) is 12.5. The number of nitrogens with zero attached hydrogens (tertiary/aromatic N) is 1. The van der Waals surface area contributed by atoms with Gasteiger partial charge in [-0.3, -0.25) is 4.99 Å². The van der Waals surface area contributed by atoms with Crippen LogP contribution in [0, 0.1) is 29.5 Å². The van der Waals surface area contributed by atoms with Crippen LogP contribution >= 0.6 is 0 Å². The molecule has 31 heavy (non-hydrogen) atoms. The number of para-hydroxylation sites is 1. The van der Waals surface area contributed by atoms with E-state index in [-0.39, 0.29) is 5.82 Å². The quantitative estimate of drug-likeness (QED) is 0.477. The van der Waals surface area contributed by atoms with Crippen LogP contribution in [0.2, 0.25) is 0 Å². The number of benzene rings is 2. The number of fused-ring (bicyclic) bond motifs is 3. The van der Waals surface area contributed by atoms with Crippen LogP contribution in [-0.2, 0) is 0 Å². The predicted molar refractivity (Wildman–Crippen MR) is 126 cm³/mol. The van der Waals surface area contributed by atoms with Crippen molar-refractivity contribution in [1.29, 1.82) is 0 Å². The average molecular weight is 416 g/mol. The molecule has 162 valence electrons. The summed E-state index contributed by atoms with van der Waals surface area (Å²) in [5.41, 5.74) is 5.48. The van der Waals surface area contributed by atoms with Crippen LogP contribution in [-0.4, -0.2) is 5.71 Å². The fourth-order valence-electron chi connectivity index (χ4n) is 7.12. The molecule has 6 rings (SSSR count). The molecule has 2 aromatic carbocycles. The van der Waals surface area contributed by atoms with Crippen molar-refractivity contribution in [1.82, 2.24) is 0 Å². The maximum absolute atomic E-state index is 15.0. The van der Waals surface area contributed by atoms with Crippen LogP contribution in [0.25, 0.3) is 0 Å². The van der Waals surface area contributed by atoms with Gasteiger partial charge in [-0.25, -0.2) is 4.39 Å². The first-order valence-electron chi connectivity index (χ1n) is 12.7. The van der Waals surface area contributed by atoms with Crippen LogP contribution in [0.5, 0.6) is 0 Å². The number of hydrogen-bond donors (Lipinski definition) is 0.